The minimum atomic E-state index is -0.431. The van der Waals surface area contributed by atoms with Crippen molar-refractivity contribution >= 4 is 22.6 Å². The Hall–Kier alpha value is -3.29. The van der Waals surface area contributed by atoms with E-state index in [9.17, 15) is 14.0 Å². The summed E-state index contributed by atoms with van der Waals surface area (Å²) in [6.45, 7) is 2.41. The molecule has 1 saturated heterocycles. The summed E-state index contributed by atoms with van der Waals surface area (Å²) in [5.74, 6) is 0.242. The molecule has 2 heterocycles. The Bertz CT molecular complexity index is 1070. The van der Waals surface area contributed by atoms with E-state index in [0.29, 0.717) is 37.2 Å². The molecule has 1 fully saturated rings. The maximum Gasteiger partial charge on any atom is 0.326 e. The molecule has 0 spiro atoms. The number of carbonyl (C=O) groups is 1. The van der Waals surface area contributed by atoms with E-state index in [1.807, 2.05) is 24.3 Å². The SMILES string of the molecule is COc1ccccc1N1CCN(C(=O)Cn2c(=O)[nH]c3cc(F)ccc32)CC1. The van der Waals surface area contributed by atoms with Gasteiger partial charge in [0.15, 0.2) is 0 Å². The molecule has 28 heavy (non-hydrogen) atoms. The van der Waals surface area contributed by atoms with Crippen LogP contribution in [0.2, 0.25) is 0 Å². The van der Waals surface area contributed by atoms with Crippen molar-refractivity contribution in [2.24, 2.45) is 0 Å². The fraction of sp³-hybridized carbons (Fsp3) is 0.300. The Morgan fingerprint density at radius 1 is 1.14 bits per heavy atom. The first-order valence-electron chi connectivity index (χ1n) is 9.10. The molecule has 7 nitrogen and oxygen atoms in total. The van der Waals surface area contributed by atoms with Crippen LogP contribution in [0, 0.1) is 5.82 Å². The van der Waals surface area contributed by atoms with Gasteiger partial charge < -0.3 is 19.5 Å². The zero-order chi connectivity index (χ0) is 19.7. The topological polar surface area (TPSA) is 70.6 Å². The maximum absolute atomic E-state index is 13.3. The largest absolute Gasteiger partial charge is 0.495 e. The van der Waals surface area contributed by atoms with Crippen molar-refractivity contribution in [3.8, 4) is 5.75 Å². The van der Waals surface area contributed by atoms with E-state index in [2.05, 4.69) is 9.88 Å². The number of nitrogens with zero attached hydrogens (tertiary/aromatic N) is 3. The molecule has 0 radical (unpaired) electrons. The molecule has 2 aromatic carbocycles. The molecule has 1 aliphatic rings. The number of nitrogens with one attached hydrogen (secondary N) is 1. The third-order valence-electron chi connectivity index (χ3n) is 5.09. The molecule has 1 N–H and O–H groups in total. The van der Waals surface area contributed by atoms with Crippen LogP contribution in [-0.2, 0) is 11.3 Å². The van der Waals surface area contributed by atoms with E-state index in [1.165, 1.54) is 22.8 Å². The van der Waals surface area contributed by atoms with E-state index in [1.54, 1.807) is 12.0 Å². The Labute approximate surface area is 160 Å². The van der Waals surface area contributed by atoms with Gasteiger partial charge in [0.2, 0.25) is 5.91 Å². The zero-order valence-electron chi connectivity index (χ0n) is 15.5. The third kappa shape index (κ3) is 3.33. The summed E-state index contributed by atoms with van der Waals surface area (Å²) in [5.41, 5.74) is 1.50. The summed E-state index contributed by atoms with van der Waals surface area (Å²) in [6.07, 6.45) is 0. The Kier molecular flexibility index (Phi) is 4.77. The molecule has 1 aliphatic heterocycles. The number of para-hydroxylation sites is 2. The molecule has 0 aliphatic carbocycles. The number of aromatic nitrogens is 2. The highest BCUT2D eigenvalue weighted by Gasteiger charge is 2.24. The van der Waals surface area contributed by atoms with Gasteiger partial charge in [-0.15, -0.1) is 0 Å². The number of piperazine rings is 1. The van der Waals surface area contributed by atoms with Crippen LogP contribution in [0.1, 0.15) is 0 Å². The van der Waals surface area contributed by atoms with Gasteiger partial charge in [-0.25, -0.2) is 9.18 Å². The van der Waals surface area contributed by atoms with Crippen molar-refractivity contribution in [1.29, 1.82) is 0 Å². The molecule has 0 saturated carbocycles. The summed E-state index contributed by atoms with van der Waals surface area (Å²) in [4.78, 5) is 31.4. The van der Waals surface area contributed by atoms with Gasteiger partial charge in [0, 0.05) is 26.2 Å². The third-order valence-corrected chi connectivity index (χ3v) is 5.09. The van der Waals surface area contributed by atoms with E-state index in [-0.39, 0.29) is 12.5 Å². The van der Waals surface area contributed by atoms with Crippen LogP contribution in [0.15, 0.2) is 47.3 Å². The van der Waals surface area contributed by atoms with Crippen molar-refractivity contribution in [3.05, 3.63) is 58.8 Å². The minimum absolute atomic E-state index is 0.0703. The first-order chi connectivity index (χ1) is 13.6. The standard InChI is InChI=1S/C20H21FN4O3/c1-28-18-5-3-2-4-17(18)23-8-10-24(11-9-23)19(26)13-25-16-7-6-14(21)12-15(16)22-20(25)27/h2-7,12H,8-11,13H2,1H3,(H,22,27). The molecule has 8 heteroatoms. The monoisotopic (exact) mass is 384 g/mol. The number of H-pyrrole nitrogens is 1. The van der Waals surface area contributed by atoms with Gasteiger partial charge in [0.05, 0.1) is 23.8 Å². The molecule has 146 valence electrons. The molecule has 1 amide bonds. The van der Waals surface area contributed by atoms with Crippen molar-refractivity contribution in [3.63, 3.8) is 0 Å². The van der Waals surface area contributed by atoms with Gasteiger partial charge in [0.1, 0.15) is 18.1 Å². The number of imidazole rings is 1. The second kappa shape index (κ2) is 7.38. The first kappa shape index (κ1) is 18.1. The lowest BCUT2D eigenvalue weighted by Gasteiger charge is -2.36. The normalized spacial score (nSPS) is 14.5. The number of rotatable bonds is 4. The van der Waals surface area contributed by atoms with Crippen LogP contribution in [0.3, 0.4) is 0 Å². The number of carbonyl (C=O) groups excluding carboxylic acids is 1. The van der Waals surface area contributed by atoms with Crippen molar-refractivity contribution in [1.82, 2.24) is 14.5 Å². The van der Waals surface area contributed by atoms with Gasteiger partial charge in [-0.2, -0.15) is 0 Å². The quantitative estimate of drug-likeness (QED) is 0.745. The highest BCUT2D eigenvalue weighted by Crippen LogP contribution is 2.28. The molecule has 3 aromatic rings. The van der Waals surface area contributed by atoms with Crippen molar-refractivity contribution in [2.45, 2.75) is 6.54 Å². The number of aromatic amines is 1. The van der Waals surface area contributed by atoms with Gasteiger partial charge in [-0.3, -0.25) is 9.36 Å². The number of amides is 1. The zero-order valence-corrected chi connectivity index (χ0v) is 15.5. The molecular formula is C20H21FN4O3. The lowest BCUT2D eigenvalue weighted by Crippen LogP contribution is -2.50. The summed E-state index contributed by atoms with van der Waals surface area (Å²) in [6, 6.07) is 11.8. The number of halogens is 1. The van der Waals surface area contributed by atoms with Crippen LogP contribution in [-0.4, -0.2) is 53.6 Å². The van der Waals surface area contributed by atoms with Crippen LogP contribution in [0.25, 0.3) is 11.0 Å². The first-order valence-corrected chi connectivity index (χ1v) is 9.10. The van der Waals surface area contributed by atoms with Crippen LogP contribution in [0.5, 0.6) is 5.75 Å². The summed E-state index contributed by atoms with van der Waals surface area (Å²) in [5, 5.41) is 0. The summed E-state index contributed by atoms with van der Waals surface area (Å²) >= 11 is 0. The Morgan fingerprint density at radius 2 is 1.89 bits per heavy atom. The van der Waals surface area contributed by atoms with Crippen molar-refractivity contribution < 1.29 is 13.9 Å². The molecule has 0 unspecified atom stereocenters. The molecule has 0 atom stereocenters. The number of fused-ring (bicyclic) bond motifs is 1. The molecular weight excluding hydrogens is 363 g/mol. The second-order valence-electron chi connectivity index (χ2n) is 6.72. The second-order valence-corrected chi connectivity index (χ2v) is 6.72. The van der Waals surface area contributed by atoms with Gasteiger partial charge in [-0.05, 0) is 30.3 Å². The predicted octanol–water partition coefficient (Wildman–Crippen LogP) is 1.83. The predicted molar refractivity (Wildman–Crippen MR) is 104 cm³/mol. The van der Waals surface area contributed by atoms with E-state index in [4.69, 9.17) is 4.74 Å². The average Bonchev–Trinajstić information content (AvgIpc) is 3.02. The lowest BCUT2D eigenvalue weighted by atomic mass is 10.2. The smallest absolute Gasteiger partial charge is 0.326 e. The molecule has 4 rings (SSSR count). The Morgan fingerprint density at radius 3 is 2.64 bits per heavy atom. The van der Waals surface area contributed by atoms with Gasteiger partial charge in [-0.1, -0.05) is 12.1 Å². The minimum Gasteiger partial charge on any atom is -0.495 e. The lowest BCUT2D eigenvalue weighted by molar-refractivity contribution is -0.132. The summed E-state index contributed by atoms with van der Waals surface area (Å²) in [7, 11) is 1.64. The van der Waals surface area contributed by atoms with Gasteiger partial charge >= 0.3 is 5.69 Å². The van der Waals surface area contributed by atoms with E-state index >= 15 is 0 Å². The molecule has 1 aromatic heterocycles. The number of methoxy groups -OCH3 is 1. The fourth-order valence-electron chi connectivity index (χ4n) is 3.62. The number of benzene rings is 2. The summed E-state index contributed by atoms with van der Waals surface area (Å²) < 4.78 is 20.1. The number of ether oxygens (including phenoxy) is 1. The number of hydrogen-bond donors (Lipinski definition) is 1. The molecule has 0 bridgehead atoms. The highest BCUT2D eigenvalue weighted by atomic mass is 19.1. The highest BCUT2D eigenvalue weighted by molar-refractivity contribution is 5.81. The average molecular weight is 384 g/mol. The van der Waals surface area contributed by atoms with Crippen LogP contribution < -0.4 is 15.3 Å². The fourth-order valence-corrected chi connectivity index (χ4v) is 3.62. The number of hydrogen-bond acceptors (Lipinski definition) is 4. The van der Waals surface area contributed by atoms with Crippen LogP contribution >= 0.6 is 0 Å². The number of anilines is 1. The Balaban J connectivity index is 1.45. The maximum atomic E-state index is 13.3. The van der Waals surface area contributed by atoms with E-state index in [0.717, 1.165) is 11.4 Å². The van der Waals surface area contributed by atoms with E-state index < -0.39 is 11.5 Å². The van der Waals surface area contributed by atoms with Crippen molar-refractivity contribution in [2.75, 3.05) is 38.2 Å². The van der Waals surface area contributed by atoms with Gasteiger partial charge in [0.25, 0.3) is 0 Å². The van der Waals surface area contributed by atoms with Crippen LogP contribution in [0.4, 0.5) is 10.1 Å².